The van der Waals surface area contributed by atoms with E-state index >= 15 is 0 Å². The molecule has 0 aromatic carbocycles. The zero-order valence-electron chi connectivity index (χ0n) is 11.3. The van der Waals surface area contributed by atoms with Crippen LogP contribution in [0.25, 0.3) is 0 Å². The highest BCUT2D eigenvalue weighted by Gasteiger charge is 2.57. The summed E-state index contributed by atoms with van der Waals surface area (Å²) in [7, 11) is 0. The van der Waals surface area contributed by atoms with Crippen molar-refractivity contribution in [3.05, 3.63) is 0 Å². The molecule has 21 heavy (non-hydrogen) atoms. The number of fused-ring (bicyclic) bond motifs is 1. The van der Waals surface area contributed by atoms with Crippen LogP contribution in [-0.2, 0) is 23.7 Å². The molecule has 2 aliphatic heterocycles. The van der Waals surface area contributed by atoms with Gasteiger partial charge in [0.15, 0.2) is 18.2 Å². The molecule has 2 fully saturated rings. The van der Waals surface area contributed by atoms with Crippen molar-refractivity contribution in [3.63, 3.8) is 0 Å². The average molecular weight is 308 g/mol. The molecule has 0 radical (unpaired) electrons. The van der Waals surface area contributed by atoms with Gasteiger partial charge in [0, 0.05) is 0 Å². The first-order chi connectivity index (χ1) is 9.69. The molecule has 0 aromatic rings. The van der Waals surface area contributed by atoms with Gasteiger partial charge in [0.1, 0.15) is 24.9 Å². The van der Waals surface area contributed by atoms with Crippen LogP contribution in [0.4, 0.5) is 9.59 Å². The average Bonchev–Trinajstić information content (AvgIpc) is 2.78. The number of aliphatic hydroxyl groups is 1. The highest BCUT2D eigenvalue weighted by atomic mass is 16.8. The predicted molar refractivity (Wildman–Crippen MR) is 61.6 cm³/mol. The lowest BCUT2D eigenvalue weighted by atomic mass is 10.1. The summed E-state index contributed by atoms with van der Waals surface area (Å²) in [6, 6.07) is 0. The number of aliphatic hydroxyl groups excluding tert-OH is 1. The van der Waals surface area contributed by atoms with Gasteiger partial charge in [-0.1, -0.05) is 0 Å². The highest BCUT2D eigenvalue weighted by molar-refractivity contribution is 5.58. The van der Waals surface area contributed by atoms with Gasteiger partial charge < -0.3 is 39.0 Å². The summed E-state index contributed by atoms with van der Waals surface area (Å²) in [6.07, 6.45) is -8.72. The molecule has 0 bridgehead atoms. The molecule has 0 saturated carbocycles. The van der Waals surface area contributed by atoms with Crippen LogP contribution in [0.2, 0.25) is 0 Å². The largest absolute Gasteiger partial charge is 0.506 e. The van der Waals surface area contributed by atoms with Crippen LogP contribution in [0.15, 0.2) is 0 Å². The topological polar surface area (TPSA) is 141 Å². The van der Waals surface area contributed by atoms with Crippen molar-refractivity contribution in [2.75, 3.05) is 6.61 Å². The first kappa shape index (κ1) is 15.8. The second kappa shape index (κ2) is 5.64. The number of carboxylic acid groups (broad SMARTS) is 2. The molecule has 2 aliphatic rings. The van der Waals surface area contributed by atoms with E-state index in [9.17, 15) is 14.7 Å². The minimum absolute atomic E-state index is 0.619. The molecule has 10 heteroatoms. The lowest BCUT2D eigenvalue weighted by Crippen LogP contribution is -2.45. The fourth-order valence-corrected chi connectivity index (χ4v) is 2.30. The Morgan fingerprint density at radius 3 is 2.43 bits per heavy atom. The van der Waals surface area contributed by atoms with Crippen LogP contribution in [0.1, 0.15) is 13.8 Å². The Morgan fingerprint density at radius 2 is 1.90 bits per heavy atom. The molecule has 2 saturated heterocycles. The third-order valence-corrected chi connectivity index (χ3v) is 3.04. The maximum absolute atomic E-state index is 10.6. The second-order valence-corrected chi connectivity index (χ2v) is 5.06. The molecule has 0 aliphatic carbocycles. The number of carbonyl (C=O) groups is 2. The summed E-state index contributed by atoms with van der Waals surface area (Å²) in [6.45, 7) is 2.65. The van der Waals surface area contributed by atoms with E-state index in [0.29, 0.717) is 0 Å². The Hall–Kier alpha value is -1.62. The van der Waals surface area contributed by atoms with E-state index in [1.807, 2.05) is 0 Å². The normalized spacial score (nSPS) is 35.0. The molecule has 0 unspecified atom stereocenters. The minimum atomic E-state index is -1.65. The molecule has 0 amide bonds. The fraction of sp³-hybridized carbons (Fsp3) is 0.818. The van der Waals surface area contributed by atoms with Crippen molar-refractivity contribution in [3.8, 4) is 0 Å². The summed E-state index contributed by atoms with van der Waals surface area (Å²) >= 11 is 0. The van der Waals surface area contributed by atoms with E-state index < -0.39 is 55.4 Å². The van der Waals surface area contributed by atoms with Gasteiger partial charge in [-0.2, -0.15) is 0 Å². The van der Waals surface area contributed by atoms with E-state index in [2.05, 4.69) is 9.47 Å². The van der Waals surface area contributed by atoms with Gasteiger partial charge in [-0.15, -0.1) is 0 Å². The Labute approximate surface area is 119 Å². The van der Waals surface area contributed by atoms with Crippen molar-refractivity contribution in [2.45, 2.75) is 50.3 Å². The van der Waals surface area contributed by atoms with Crippen LogP contribution in [0.3, 0.4) is 0 Å². The zero-order chi connectivity index (χ0) is 15.8. The van der Waals surface area contributed by atoms with Crippen LogP contribution in [0.5, 0.6) is 0 Å². The summed E-state index contributed by atoms with van der Waals surface area (Å²) in [5.41, 5.74) is 0. The molecule has 10 nitrogen and oxygen atoms in total. The molecule has 3 N–H and O–H groups in total. The van der Waals surface area contributed by atoms with Gasteiger partial charge in [0.05, 0.1) is 0 Å². The van der Waals surface area contributed by atoms with Gasteiger partial charge in [0.25, 0.3) is 0 Å². The predicted octanol–water partition coefficient (Wildman–Crippen LogP) is -0.0185. The third-order valence-electron chi connectivity index (χ3n) is 3.04. The Balaban J connectivity index is 2.04. The van der Waals surface area contributed by atoms with Crippen molar-refractivity contribution in [1.82, 2.24) is 0 Å². The summed E-state index contributed by atoms with van der Waals surface area (Å²) in [5.74, 6) is -0.942. The first-order valence-electron chi connectivity index (χ1n) is 6.14. The SMILES string of the molecule is CC1(C)O[C@@H]2O[C@H]([C@H](COC(=O)O)OC(=O)O)[C@@H](O)[C@@H]2O1. The number of hydrogen-bond donors (Lipinski definition) is 3. The molecule has 0 aromatic heterocycles. The van der Waals surface area contributed by atoms with E-state index in [4.69, 9.17) is 24.4 Å². The van der Waals surface area contributed by atoms with Crippen molar-refractivity contribution in [2.24, 2.45) is 0 Å². The molecule has 0 spiro atoms. The maximum Gasteiger partial charge on any atom is 0.506 e. The third kappa shape index (κ3) is 3.53. The molecule has 5 atom stereocenters. The van der Waals surface area contributed by atoms with Crippen LogP contribution in [-0.4, -0.2) is 70.7 Å². The zero-order valence-corrected chi connectivity index (χ0v) is 11.3. The van der Waals surface area contributed by atoms with Gasteiger partial charge in [-0.3, -0.25) is 0 Å². The quantitative estimate of drug-likeness (QED) is 0.606. The van der Waals surface area contributed by atoms with Gasteiger partial charge in [-0.05, 0) is 13.8 Å². The van der Waals surface area contributed by atoms with Crippen LogP contribution < -0.4 is 0 Å². The monoisotopic (exact) mass is 308 g/mol. The van der Waals surface area contributed by atoms with Crippen LogP contribution in [0, 0.1) is 0 Å². The Bertz CT molecular complexity index is 421. The van der Waals surface area contributed by atoms with Crippen molar-refractivity contribution in [1.29, 1.82) is 0 Å². The smallest absolute Gasteiger partial charge is 0.450 e. The van der Waals surface area contributed by atoms with Gasteiger partial charge in [-0.25, -0.2) is 9.59 Å². The lowest BCUT2D eigenvalue weighted by Gasteiger charge is -2.27. The lowest BCUT2D eigenvalue weighted by molar-refractivity contribution is -0.228. The van der Waals surface area contributed by atoms with E-state index in [0.717, 1.165) is 0 Å². The molecule has 2 rings (SSSR count). The molecule has 120 valence electrons. The summed E-state index contributed by atoms with van der Waals surface area (Å²) < 4.78 is 25.0. The maximum atomic E-state index is 10.6. The summed E-state index contributed by atoms with van der Waals surface area (Å²) in [5, 5.41) is 27.2. The van der Waals surface area contributed by atoms with Crippen molar-refractivity contribution >= 4 is 12.3 Å². The van der Waals surface area contributed by atoms with Gasteiger partial charge >= 0.3 is 12.3 Å². The molecule has 2 heterocycles. The first-order valence-corrected chi connectivity index (χ1v) is 6.14. The Morgan fingerprint density at radius 1 is 1.24 bits per heavy atom. The van der Waals surface area contributed by atoms with Crippen LogP contribution >= 0.6 is 0 Å². The number of rotatable bonds is 4. The minimum Gasteiger partial charge on any atom is -0.450 e. The Kier molecular flexibility index (Phi) is 4.23. The summed E-state index contributed by atoms with van der Waals surface area (Å²) in [4.78, 5) is 21.0. The molecular formula is C11H16O10. The number of ether oxygens (including phenoxy) is 5. The second-order valence-electron chi connectivity index (χ2n) is 5.06. The standard InChI is InChI=1S/C11H16O10/c1-11(2)20-7-5(12)6(19-8(7)21-11)4(18-10(15)16)3-17-9(13)14/h4-8,12H,3H2,1-2H3,(H,13,14)(H,15,16)/t4-,5+,6+,7-,8-/m0/s1. The van der Waals surface area contributed by atoms with E-state index in [1.54, 1.807) is 13.8 Å². The van der Waals surface area contributed by atoms with Crippen molar-refractivity contribution < 1.29 is 48.6 Å². The highest BCUT2D eigenvalue weighted by Crippen LogP contribution is 2.38. The van der Waals surface area contributed by atoms with E-state index in [-0.39, 0.29) is 0 Å². The van der Waals surface area contributed by atoms with Gasteiger partial charge in [0.2, 0.25) is 0 Å². The van der Waals surface area contributed by atoms with E-state index in [1.165, 1.54) is 0 Å². The molecular weight excluding hydrogens is 292 g/mol. The fourth-order valence-electron chi connectivity index (χ4n) is 2.30. The number of hydrogen-bond acceptors (Lipinski definition) is 8.